The van der Waals surface area contributed by atoms with E-state index >= 15 is 0 Å². The van der Waals surface area contributed by atoms with Gasteiger partial charge in [-0.15, -0.1) is 0 Å². The Hall–Kier alpha value is -2.91. The van der Waals surface area contributed by atoms with Gasteiger partial charge in [0.1, 0.15) is 17.3 Å². The fourth-order valence-corrected chi connectivity index (χ4v) is 3.81. The number of nitrogens with zero attached hydrogens (tertiary/aromatic N) is 1. The molecule has 31 heavy (non-hydrogen) atoms. The third-order valence-corrected chi connectivity index (χ3v) is 5.89. The van der Waals surface area contributed by atoms with Crippen LogP contribution < -0.4 is 9.50 Å². The van der Waals surface area contributed by atoms with Crippen molar-refractivity contribution in [2.45, 2.75) is 44.7 Å². The second kappa shape index (κ2) is 10.9. The van der Waals surface area contributed by atoms with Gasteiger partial charge in [-0.05, 0) is 55.3 Å². The van der Waals surface area contributed by atoms with Crippen LogP contribution in [0.5, 0.6) is 5.75 Å². The van der Waals surface area contributed by atoms with Gasteiger partial charge in [-0.2, -0.15) is 8.42 Å². The van der Waals surface area contributed by atoms with E-state index in [0.29, 0.717) is 12.2 Å². The van der Waals surface area contributed by atoms with E-state index in [4.69, 9.17) is 8.92 Å². The van der Waals surface area contributed by atoms with Crippen molar-refractivity contribution >= 4 is 27.6 Å². The number of rotatable bonds is 10. The zero-order valence-corrected chi connectivity index (χ0v) is 18.9. The fourth-order valence-electron chi connectivity index (χ4n) is 2.89. The maximum atomic E-state index is 12.6. The summed E-state index contributed by atoms with van der Waals surface area (Å²) >= 11 is 0. The Morgan fingerprint density at radius 3 is 2.39 bits per heavy atom. The molecule has 2 aromatic carbocycles. The Balaban J connectivity index is 2.18. The lowest BCUT2D eigenvalue weighted by atomic mass is 10.1. The van der Waals surface area contributed by atoms with Crippen molar-refractivity contribution in [3.05, 3.63) is 54.1 Å². The van der Waals surface area contributed by atoms with E-state index in [1.165, 1.54) is 44.4 Å². The molecule has 0 unspecified atom stereocenters. The summed E-state index contributed by atoms with van der Waals surface area (Å²) in [5, 5.41) is 2.57. The molecule has 0 heterocycles. The van der Waals surface area contributed by atoms with Gasteiger partial charge in [-0.25, -0.2) is 0 Å². The number of hydrogen-bond donors (Lipinski definition) is 1. The van der Waals surface area contributed by atoms with Crippen LogP contribution in [0.15, 0.2) is 53.4 Å². The molecule has 168 valence electrons. The number of hydrogen-bond acceptors (Lipinski definition) is 6. The van der Waals surface area contributed by atoms with E-state index in [0.717, 1.165) is 12.0 Å². The number of ether oxygens (including phenoxy) is 1. The van der Waals surface area contributed by atoms with Crippen molar-refractivity contribution in [1.29, 1.82) is 0 Å². The van der Waals surface area contributed by atoms with Crippen molar-refractivity contribution in [2.24, 2.45) is 0 Å². The lowest BCUT2D eigenvalue weighted by Crippen LogP contribution is -2.39. The molecular formula is C22H28N2O6S. The highest BCUT2D eigenvalue weighted by Gasteiger charge is 2.20. The smallest absolute Gasteiger partial charge is 0.339 e. The Bertz CT molecular complexity index is 1000. The molecule has 1 atom stereocenters. The van der Waals surface area contributed by atoms with Crippen LogP contribution in [0.1, 0.15) is 32.8 Å². The zero-order chi connectivity index (χ0) is 23.0. The first kappa shape index (κ1) is 24.4. The molecule has 2 rings (SSSR count). The molecule has 9 heteroatoms. The summed E-state index contributed by atoms with van der Waals surface area (Å²) in [5.41, 5.74) is 1.22. The van der Waals surface area contributed by atoms with Crippen LogP contribution in [0.3, 0.4) is 0 Å². The molecule has 0 radical (unpaired) electrons. The summed E-state index contributed by atoms with van der Waals surface area (Å²) in [6, 6.07) is 12.3. The molecule has 2 aromatic rings. The van der Waals surface area contributed by atoms with Crippen molar-refractivity contribution in [1.82, 2.24) is 4.90 Å². The van der Waals surface area contributed by atoms with Gasteiger partial charge in [-0.1, -0.05) is 19.1 Å². The molecule has 0 aliphatic carbocycles. The number of amides is 2. The molecule has 0 spiro atoms. The molecule has 0 fully saturated rings. The predicted octanol–water partition coefficient (Wildman–Crippen LogP) is 3.19. The highest BCUT2D eigenvalue weighted by Crippen LogP contribution is 2.22. The number of anilines is 1. The van der Waals surface area contributed by atoms with Gasteiger partial charge in [0, 0.05) is 32.3 Å². The quantitative estimate of drug-likeness (QED) is 0.560. The molecule has 0 aliphatic rings. The Kier molecular flexibility index (Phi) is 8.58. The summed E-state index contributed by atoms with van der Waals surface area (Å²) in [4.78, 5) is 25.1. The first-order valence-electron chi connectivity index (χ1n) is 9.85. The number of methoxy groups -OCH3 is 1. The van der Waals surface area contributed by atoms with E-state index in [9.17, 15) is 18.0 Å². The molecular weight excluding hydrogens is 420 g/mol. The van der Waals surface area contributed by atoms with Crippen molar-refractivity contribution in [3.63, 3.8) is 0 Å². The van der Waals surface area contributed by atoms with Crippen LogP contribution in [0.2, 0.25) is 0 Å². The normalized spacial score (nSPS) is 12.1. The minimum Gasteiger partial charge on any atom is -0.379 e. The van der Waals surface area contributed by atoms with Gasteiger partial charge < -0.3 is 19.1 Å². The van der Waals surface area contributed by atoms with E-state index in [1.807, 2.05) is 13.8 Å². The number of carbonyl (C=O) groups excluding carboxylic acids is 2. The maximum Gasteiger partial charge on any atom is 0.339 e. The van der Waals surface area contributed by atoms with E-state index < -0.39 is 10.1 Å². The van der Waals surface area contributed by atoms with Gasteiger partial charge in [0.05, 0.1) is 0 Å². The van der Waals surface area contributed by atoms with Crippen LogP contribution in [0, 0.1) is 0 Å². The highest BCUT2D eigenvalue weighted by molar-refractivity contribution is 7.87. The van der Waals surface area contributed by atoms with Crippen LogP contribution in [0.25, 0.3) is 0 Å². The summed E-state index contributed by atoms with van der Waals surface area (Å²) in [6.45, 7) is 5.58. The molecule has 0 saturated heterocycles. The first-order valence-corrected chi connectivity index (χ1v) is 11.3. The third-order valence-electron chi connectivity index (χ3n) is 4.63. The van der Waals surface area contributed by atoms with Gasteiger partial charge >= 0.3 is 10.1 Å². The summed E-state index contributed by atoms with van der Waals surface area (Å²) < 4.78 is 35.5. The summed E-state index contributed by atoms with van der Waals surface area (Å²) in [6.07, 6.45) is 0.772. The van der Waals surface area contributed by atoms with E-state index in [1.54, 1.807) is 23.1 Å². The third kappa shape index (κ3) is 7.08. The lowest BCUT2D eigenvalue weighted by molar-refractivity contribution is -0.138. The van der Waals surface area contributed by atoms with E-state index in [-0.39, 0.29) is 35.1 Å². The van der Waals surface area contributed by atoms with E-state index in [2.05, 4.69) is 5.32 Å². The molecule has 0 aromatic heterocycles. The second-order valence-electron chi connectivity index (χ2n) is 7.10. The van der Waals surface area contributed by atoms with Gasteiger partial charge in [0.2, 0.25) is 11.8 Å². The molecule has 1 N–H and O–H groups in total. The van der Waals surface area contributed by atoms with Gasteiger partial charge in [0.25, 0.3) is 0 Å². The molecule has 0 saturated carbocycles. The van der Waals surface area contributed by atoms with Crippen molar-refractivity contribution in [3.8, 4) is 5.75 Å². The maximum absolute atomic E-state index is 12.6. The largest absolute Gasteiger partial charge is 0.379 e. The van der Waals surface area contributed by atoms with Gasteiger partial charge in [0.15, 0.2) is 0 Å². The Morgan fingerprint density at radius 1 is 1.13 bits per heavy atom. The molecule has 0 bridgehead atoms. The number of carbonyl (C=O) groups is 2. The lowest BCUT2D eigenvalue weighted by Gasteiger charge is -2.28. The van der Waals surface area contributed by atoms with Crippen LogP contribution in [-0.2, 0) is 31.0 Å². The minimum atomic E-state index is -4.06. The van der Waals surface area contributed by atoms with Crippen molar-refractivity contribution in [2.75, 3.05) is 19.0 Å². The monoisotopic (exact) mass is 448 g/mol. The average molecular weight is 449 g/mol. The zero-order valence-electron chi connectivity index (χ0n) is 18.1. The number of benzene rings is 2. The Labute approximate surface area is 183 Å². The molecule has 0 aliphatic heterocycles. The summed E-state index contributed by atoms with van der Waals surface area (Å²) in [5.74, 6) is -0.249. The summed E-state index contributed by atoms with van der Waals surface area (Å²) in [7, 11) is -2.60. The number of nitrogens with one attached hydrogen (secondary N) is 1. The SMILES string of the molecule is CC[C@@H](C)N(Cc1cccc(OS(=O)(=O)c2ccc(NC(C)=O)cc2)c1)C(=O)COC. The topological polar surface area (TPSA) is 102 Å². The second-order valence-corrected chi connectivity index (χ2v) is 8.65. The minimum absolute atomic E-state index is 0.00177. The average Bonchev–Trinajstić information content (AvgIpc) is 2.71. The van der Waals surface area contributed by atoms with Crippen molar-refractivity contribution < 1.29 is 26.9 Å². The Morgan fingerprint density at radius 2 is 1.81 bits per heavy atom. The first-order chi connectivity index (χ1) is 14.7. The van der Waals surface area contributed by atoms with Gasteiger partial charge in [-0.3, -0.25) is 9.59 Å². The fraction of sp³-hybridized carbons (Fsp3) is 0.364. The van der Waals surface area contributed by atoms with Crippen LogP contribution in [0.4, 0.5) is 5.69 Å². The predicted molar refractivity (Wildman–Crippen MR) is 117 cm³/mol. The van der Waals surface area contributed by atoms with Crippen LogP contribution in [-0.4, -0.2) is 44.9 Å². The highest BCUT2D eigenvalue weighted by atomic mass is 32.2. The molecule has 8 nitrogen and oxygen atoms in total. The standard InChI is InChI=1S/C22H28N2O6S/c1-5-16(2)24(22(26)15-29-4)14-18-7-6-8-20(13-18)30-31(27,28)21-11-9-19(10-12-21)23-17(3)25/h6-13,16H,5,14-15H2,1-4H3,(H,23,25)/t16-/m1/s1. The molecule has 2 amide bonds. The van der Waals surface area contributed by atoms with Crippen LogP contribution >= 0.6 is 0 Å².